The van der Waals surface area contributed by atoms with E-state index in [-0.39, 0.29) is 41.1 Å². The number of aliphatic hydroxyl groups excluding tert-OH is 2. The van der Waals surface area contributed by atoms with Gasteiger partial charge in [0.05, 0.1) is 5.56 Å². The first kappa shape index (κ1) is 30.8. The van der Waals surface area contributed by atoms with Crippen molar-refractivity contribution in [2.45, 2.75) is 86.7 Å². The Hall–Kier alpha value is -3.65. The molecule has 0 amide bonds. The number of fused-ring (bicyclic) bond motifs is 3. The summed E-state index contributed by atoms with van der Waals surface area (Å²) in [6, 6.07) is 6.87. The molecule has 4 N–H and O–H groups in total. The summed E-state index contributed by atoms with van der Waals surface area (Å²) in [5.41, 5.74) is -4.65. The van der Waals surface area contributed by atoms with Crippen molar-refractivity contribution in [1.29, 1.82) is 0 Å². The summed E-state index contributed by atoms with van der Waals surface area (Å²) in [7, 11) is 0. The van der Waals surface area contributed by atoms with E-state index in [1.165, 1.54) is 6.07 Å². The van der Waals surface area contributed by atoms with Crippen LogP contribution in [0.1, 0.15) is 89.9 Å². The van der Waals surface area contributed by atoms with E-state index in [1.807, 2.05) is 26.0 Å². The van der Waals surface area contributed by atoms with Crippen molar-refractivity contribution >= 4 is 17.3 Å². The molecule has 8 nitrogen and oxygen atoms in total. The first-order chi connectivity index (χ1) is 19.8. The number of aryl methyl sites for hydroxylation is 1. The van der Waals surface area contributed by atoms with Crippen LogP contribution < -0.4 is 0 Å². The van der Waals surface area contributed by atoms with E-state index >= 15 is 0 Å². The van der Waals surface area contributed by atoms with E-state index in [0.29, 0.717) is 16.9 Å². The SMILES string of the molecule is CC(=O)C1=C(O)C(C(C)C)[C@@]2(C)C[C@@]3(C)Cc4c(-c5ccc(CCC(C)(C)C)o5)ccc(O)c4C(=O)C3=C(O)[C@@]2(O)C1=O. The van der Waals surface area contributed by atoms with Crippen molar-refractivity contribution in [3.8, 4) is 17.1 Å². The fourth-order valence-electron chi connectivity index (χ4n) is 8.12. The molecule has 1 aromatic carbocycles. The molecule has 0 spiro atoms. The molecule has 3 aliphatic carbocycles. The number of benzene rings is 1. The summed E-state index contributed by atoms with van der Waals surface area (Å²) >= 11 is 0. The summed E-state index contributed by atoms with van der Waals surface area (Å²) in [6.45, 7) is 14.6. The third kappa shape index (κ3) is 4.32. The summed E-state index contributed by atoms with van der Waals surface area (Å²) in [4.78, 5) is 40.6. The second-order valence-corrected chi connectivity index (χ2v) is 14.8. The monoisotopic (exact) mass is 590 g/mol. The Morgan fingerprint density at radius 2 is 1.72 bits per heavy atom. The van der Waals surface area contributed by atoms with Gasteiger partial charge < -0.3 is 24.8 Å². The topological polar surface area (TPSA) is 145 Å². The maximum absolute atomic E-state index is 14.3. The summed E-state index contributed by atoms with van der Waals surface area (Å²) in [5.74, 6) is -3.94. The Morgan fingerprint density at radius 3 is 2.30 bits per heavy atom. The van der Waals surface area contributed by atoms with E-state index in [1.54, 1.807) is 19.9 Å². The molecule has 5 rings (SSSR count). The number of carbonyl (C=O) groups is 3. The summed E-state index contributed by atoms with van der Waals surface area (Å²) < 4.78 is 6.22. The highest BCUT2D eigenvalue weighted by Gasteiger charge is 2.71. The van der Waals surface area contributed by atoms with Gasteiger partial charge in [0.25, 0.3) is 0 Å². The van der Waals surface area contributed by atoms with Gasteiger partial charge in [-0.15, -0.1) is 0 Å². The summed E-state index contributed by atoms with van der Waals surface area (Å²) in [5, 5.41) is 46.2. The molecule has 1 heterocycles. The third-order valence-electron chi connectivity index (χ3n) is 9.94. The highest BCUT2D eigenvalue weighted by atomic mass is 16.4. The van der Waals surface area contributed by atoms with Crippen molar-refractivity contribution in [2.24, 2.45) is 28.1 Å². The Balaban J connectivity index is 1.70. The zero-order valence-corrected chi connectivity index (χ0v) is 26.2. The van der Waals surface area contributed by atoms with Crippen LogP contribution in [0.25, 0.3) is 11.3 Å². The number of ketones is 3. The van der Waals surface area contributed by atoms with Gasteiger partial charge in [-0.2, -0.15) is 0 Å². The molecular weight excluding hydrogens is 548 g/mol. The molecule has 3 aliphatic rings. The van der Waals surface area contributed by atoms with Gasteiger partial charge in [0, 0.05) is 34.3 Å². The highest BCUT2D eigenvalue weighted by Crippen LogP contribution is 2.65. The Bertz CT molecular complexity index is 1630. The zero-order valence-electron chi connectivity index (χ0n) is 26.2. The zero-order chi connectivity index (χ0) is 32.0. The predicted molar refractivity (Wildman–Crippen MR) is 161 cm³/mol. The number of aromatic hydroxyl groups is 1. The quantitative estimate of drug-likeness (QED) is 0.286. The van der Waals surface area contributed by atoms with E-state index in [2.05, 4.69) is 20.8 Å². The molecule has 230 valence electrons. The maximum Gasteiger partial charge on any atom is 0.209 e. The van der Waals surface area contributed by atoms with Gasteiger partial charge in [-0.3, -0.25) is 14.4 Å². The lowest BCUT2D eigenvalue weighted by atomic mass is 9.44. The van der Waals surface area contributed by atoms with Crippen LogP contribution in [0, 0.1) is 28.1 Å². The molecule has 1 unspecified atom stereocenters. The van der Waals surface area contributed by atoms with Crippen LogP contribution in [0.3, 0.4) is 0 Å². The lowest BCUT2D eigenvalue weighted by Gasteiger charge is -2.59. The van der Waals surface area contributed by atoms with Gasteiger partial charge in [-0.05, 0) is 67.3 Å². The fraction of sp³-hybridized carbons (Fsp3) is 0.514. The van der Waals surface area contributed by atoms with Crippen molar-refractivity contribution in [3.05, 3.63) is 63.8 Å². The minimum Gasteiger partial charge on any atom is -0.511 e. The molecule has 1 aromatic heterocycles. The number of hydrogen-bond acceptors (Lipinski definition) is 8. The minimum absolute atomic E-state index is 0.0229. The van der Waals surface area contributed by atoms with Crippen LogP contribution in [0.4, 0.5) is 0 Å². The van der Waals surface area contributed by atoms with Crippen molar-refractivity contribution < 1.29 is 39.2 Å². The van der Waals surface area contributed by atoms with Gasteiger partial charge in [-0.1, -0.05) is 48.5 Å². The summed E-state index contributed by atoms with van der Waals surface area (Å²) in [6.07, 6.45) is 1.88. The predicted octanol–water partition coefficient (Wildman–Crippen LogP) is 6.59. The number of hydrogen-bond donors (Lipinski definition) is 4. The molecule has 0 bridgehead atoms. The van der Waals surface area contributed by atoms with E-state index < -0.39 is 56.8 Å². The number of aliphatic hydroxyl groups is 3. The number of carbonyl (C=O) groups excluding carboxylic acids is 3. The second kappa shape index (κ2) is 9.68. The van der Waals surface area contributed by atoms with Crippen molar-refractivity contribution in [1.82, 2.24) is 0 Å². The van der Waals surface area contributed by atoms with Crippen LogP contribution in [0.15, 0.2) is 51.3 Å². The van der Waals surface area contributed by atoms with Crippen LogP contribution in [-0.4, -0.2) is 43.4 Å². The minimum atomic E-state index is -2.63. The molecule has 0 saturated heterocycles. The first-order valence-electron chi connectivity index (χ1n) is 14.9. The Labute approximate surface area is 252 Å². The lowest BCUT2D eigenvalue weighted by molar-refractivity contribution is -0.171. The first-order valence-corrected chi connectivity index (χ1v) is 14.9. The number of furan rings is 1. The van der Waals surface area contributed by atoms with Gasteiger partial charge in [0.1, 0.15) is 34.4 Å². The molecule has 8 heteroatoms. The second-order valence-electron chi connectivity index (χ2n) is 14.8. The fourth-order valence-corrected chi connectivity index (χ4v) is 8.12. The number of rotatable bonds is 5. The highest BCUT2D eigenvalue weighted by molar-refractivity contribution is 6.25. The van der Waals surface area contributed by atoms with Gasteiger partial charge >= 0.3 is 0 Å². The van der Waals surface area contributed by atoms with Crippen LogP contribution in [-0.2, 0) is 22.4 Å². The average Bonchev–Trinajstić information content (AvgIpc) is 3.33. The standard InChI is InChI=1S/C35H42O8/c1-17(2)26-28(38)24(18(3)36)30(40)35(42)31(41)27-29(39)25-21(15-33(27,7)16-34(26,35)8)20(10-11-22(25)37)23-12-9-19(43-23)13-14-32(4,5)6/h9-12,17,26,37-38,41-42H,13-16H2,1-8H3/t26?,33-,34-,35+/m1/s1. The average molecular weight is 591 g/mol. The van der Waals surface area contributed by atoms with Crippen LogP contribution in [0.2, 0.25) is 0 Å². The normalized spacial score (nSPS) is 29.1. The molecule has 4 atom stereocenters. The largest absolute Gasteiger partial charge is 0.511 e. The molecular formula is C35H42O8. The van der Waals surface area contributed by atoms with E-state index in [4.69, 9.17) is 4.42 Å². The van der Waals surface area contributed by atoms with E-state index in [9.17, 15) is 34.8 Å². The Kier molecular flexibility index (Phi) is 6.93. The molecule has 0 radical (unpaired) electrons. The number of allylic oxidation sites excluding steroid dienone is 2. The van der Waals surface area contributed by atoms with Gasteiger partial charge in [-0.25, -0.2) is 0 Å². The molecule has 0 fully saturated rings. The number of phenols is 1. The number of Topliss-reactive ketones (excluding diaryl/α,β-unsaturated/α-hetero) is 3. The third-order valence-corrected chi connectivity index (χ3v) is 9.94. The van der Waals surface area contributed by atoms with Gasteiger partial charge in [0.2, 0.25) is 5.78 Å². The van der Waals surface area contributed by atoms with Crippen LogP contribution in [0.5, 0.6) is 5.75 Å². The molecule has 0 saturated carbocycles. The molecule has 43 heavy (non-hydrogen) atoms. The van der Waals surface area contributed by atoms with Crippen molar-refractivity contribution in [2.75, 3.05) is 0 Å². The van der Waals surface area contributed by atoms with E-state index in [0.717, 1.165) is 25.5 Å². The van der Waals surface area contributed by atoms with Gasteiger partial charge in [0.15, 0.2) is 17.2 Å². The smallest absolute Gasteiger partial charge is 0.209 e. The number of phenolic OH excluding ortho intramolecular Hbond substituents is 1. The van der Waals surface area contributed by atoms with Crippen LogP contribution >= 0.6 is 0 Å². The molecule has 2 aromatic rings. The van der Waals surface area contributed by atoms with Crippen molar-refractivity contribution in [3.63, 3.8) is 0 Å². The Morgan fingerprint density at radius 1 is 1.07 bits per heavy atom. The molecule has 0 aliphatic heterocycles. The maximum atomic E-state index is 14.3. The lowest BCUT2D eigenvalue weighted by Crippen LogP contribution is -2.67.